The van der Waals surface area contributed by atoms with Gasteiger partial charge in [0.2, 0.25) is 53.2 Å². The highest BCUT2D eigenvalue weighted by molar-refractivity contribution is 6.09. The second kappa shape index (κ2) is 29.8. The number of hydrogen-bond donors (Lipinski definition) is 15. The predicted octanol–water partition coefficient (Wildman–Crippen LogP) is -3.13. The summed E-state index contributed by atoms with van der Waals surface area (Å²) in [6.45, 7) is 0.186. The van der Waals surface area contributed by atoms with E-state index in [2.05, 4.69) is 37.2 Å². The van der Waals surface area contributed by atoms with Crippen LogP contribution in [-0.2, 0) is 54.4 Å². The van der Waals surface area contributed by atoms with Crippen molar-refractivity contribution >= 4 is 82.0 Å². The maximum absolute atomic E-state index is 13.7. The highest BCUT2D eigenvalue weighted by Gasteiger charge is 2.35. The molecule has 0 radical (unpaired) electrons. The lowest BCUT2D eigenvalue weighted by Gasteiger charge is -2.26. The van der Waals surface area contributed by atoms with Gasteiger partial charge >= 0.3 is 11.9 Å². The molecule has 1 aliphatic carbocycles. The Labute approximate surface area is 481 Å². The van der Waals surface area contributed by atoms with E-state index in [-0.39, 0.29) is 40.2 Å². The molecule has 3 aromatic carbocycles. The minimum absolute atomic E-state index is 0.0387. The Balaban J connectivity index is 1.22. The average molecular weight is 1180 g/mol. The van der Waals surface area contributed by atoms with Gasteiger partial charge < -0.3 is 84.0 Å². The largest absolute Gasteiger partial charge is 0.508 e. The summed E-state index contributed by atoms with van der Waals surface area (Å²) >= 11 is 0. The number of carbonyl (C=O) groups is 12. The number of aromatic hydroxyl groups is 1. The number of nitriles is 1. The van der Waals surface area contributed by atoms with Crippen LogP contribution in [0.5, 0.6) is 5.75 Å². The van der Waals surface area contributed by atoms with Crippen molar-refractivity contribution in [1.29, 1.82) is 5.26 Å². The number of nitrogens with zero attached hydrogens (tertiary/aromatic N) is 1. The number of aromatic carboxylic acids is 1. The van der Waals surface area contributed by atoms with E-state index in [4.69, 9.17) is 15.9 Å². The number of rotatable bonds is 29. The quantitative estimate of drug-likeness (QED) is 0.0211. The summed E-state index contributed by atoms with van der Waals surface area (Å²) in [4.78, 5) is 168. The Bertz CT molecular complexity index is 3470. The Hall–Kier alpha value is -10.8. The Morgan fingerprint density at radius 1 is 0.671 bits per heavy atom. The molecule has 2 aliphatic rings. The van der Waals surface area contributed by atoms with E-state index in [1.54, 1.807) is 36.4 Å². The van der Waals surface area contributed by atoms with E-state index in [9.17, 15) is 93.1 Å². The zero-order valence-electron chi connectivity index (χ0n) is 45.2. The van der Waals surface area contributed by atoms with Gasteiger partial charge in [-0.1, -0.05) is 36.4 Å². The number of fused-ring (bicyclic) bond motifs is 2. The number of primary amides is 2. The molecule has 448 valence electrons. The van der Waals surface area contributed by atoms with Crippen LogP contribution in [0.2, 0.25) is 0 Å². The van der Waals surface area contributed by atoms with Crippen molar-refractivity contribution in [3.63, 3.8) is 0 Å². The lowest BCUT2D eigenvalue weighted by molar-refractivity contribution is -0.141. The monoisotopic (exact) mass is 1180 g/mol. The topological polar surface area (TPSA) is 508 Å². The van der Waals surface area contributed by atoms with Gasteiger partial charge in [0.1, 0.15) is 59.4 Å². The normalized spacial score (nSPS) is 13.7. The van der Waals surface area contributed by atoms with Crippen molar-refractivity contribution in [3.05, 3.63) is 112 Å². The summed E-state index contributed by atoms with van der Waals surface area (Å²) < 4.78 is 5.82. The van der Waals surface area contributed by atoms with E-state index in [0.29, 0.717) is 16.5 Å². The molecule has 3 aromatic rings. The first kappa shape index (κ1) is 65.0. The van der Waals surface area contributed by atoms with E-state index < -0.39 is 169 Å². The molecule has 0 saturated carbocycles. The first-order valence-corrected chi connectivity index (χ1v) is 25.7. The molecule has 0 unspecified atom stereocenters. The van der Waals surface area contributed by atoms with Crippen LogP contribution in [0.3, 0.4) is 0 Å². The van der Waals surface area contributed by atoms with E-state index in [1.807, 2.05) is 5.32 Å². The number of carboxylic acids is 2. The third-order valence-corrected chi connectivity index (χ3v) is 12.7. The summed E-state index contributed by atoms with van der Waals surface area (Å²) in [6, 6.07) is 9.24. The molecule has 0 spiro atoms. The SMILES string of the molecule is C[C@H](NC(=O)[C@H](CC#N)NC(=O)[C@H](CCC(N)=O)NC(=O)[C@H](CC(=O)O)NC(=O)[C@H](CO)NC(=O)CNC(=O)c1ccc(-c2c3ccc(=O)cc-3oc3cc(O)ccc23)c(C(=O)O)c1)C(=O)N[C@H](C(=O)N[C@@H](Cc1ccccc1)C(N)=O)[C@@H](C)O. The van der Waals surface area contributed by atoms with Crippen LogP contribution in [0.25, 0.3) is 33.4 Å². The van der Waals surface area contributed by atoms with Crippen molar-refractivity contribution in [3.8, 4) is 34.3 Å². The number of aliphatic hydroxyl groups excluding tert-OH is 2. The third-order valence-electron chi connectivity index (χ3n) is 12.7. The highest BCUT2D eigenvalue weighted by Crippen LogP contribution is 2.42. The fourth-order valence-corrected chi connectivity index (χ4v) is 8.39. The maximum Gasteiger partial charge on any atom is 0.336 e. The molecule has 30 nitrogen and oxygen atoms in total. The molecule has 10 amide bonds. The number of benzene rings is 4. The summed E-state index contributed by atoms with van der Waals surface area (Å²) in [6.07, 6.45) is -4.84. The maximum atomic E-state index is 13.7. The van der Waals surface area contributed by atoms with Gasteiger partial charge in [-0.3, -0.25) is 57.5 Å². The number of carbonyl (C=O) groups excluding carboxylic acids is 10. The number of aliphatic hydroxyl groups is 2. The summed E-state index contributed by atoms with van der Waals surface area (Å²) in [5, 5.41) is 77.9. The fraction of sp³-hybridized carbons (Fsp3) is 0.309. The Morgan fingerprint density at radius 3 is 1.92 bits per heavy atom. The number of carboxylic acid groups (broad SMARTS) is 2. The van der Waals surface area contributed by atoms with Gasteiger partial charge in [-0.15, -0.1) is 0 Å². The molecule has 5 rings (SSSR count). The second-order valence-corrected chi connectivity index (χ2v) is 19.1. The van der Waals surface area contributed by atoms with Gasteiger partial charge in [-0.2, -0.15) is 5.26 Å². The summed E-state index contributed by atoms with van der Waals surface area (Å²) in [7, 11) is 0. The van der Waals surface area contributed by atoms with Crippen molar-refractivity contribution in [2.24, 2.45) is 11.5 Å². The van der Waals surface area contributed by atoms with Crippen LogP contribution in [-0.4, -0.2) is 158 Å². The predicted molar refractivity (Wildman–Crippen MR) is 294 cm³/mol. The number of hydrogen-bond acceptors (Lipinski definition) is 18. The average Bonchev–Trinajstić information content (AvgIpc) is 2.02. The number of phenolic OH excluding ortho intramolecular Hbond substituents is 1. The molecule has 1 heterocycles. The van der Waals surface area contributed by atoms with Gasteiger partial charge in [0.05, 0.1) is 43.7 Å². The van der Waals surface area contributed by atoms with Crippen LogP contribution in [0.15, 0.2) is 94.1 Å². The third kappa shape index (κ3) is 18.1. The standard InChI is InChI=1S/C55H59N11O19/c1-25(48(76)66-46(26(2)68)54(82)64-37(47(58)75)18-27-6-4-3-5-7-27)60-50(78)36(16-17-56)63-51(79)35(14-15-42(57)71)62-52(80)38(22-44(73)74)65-53(81)39(24-67)61-43(72)23-59-49(77)28-8-11-31(34(19-28)55(83)84)45-32-12-9-29(69)20-40(32)85-41-21-30(70)10-13-33(41)45/h3-13,19-21,25-26,35-39,46,67-69H,14-16,18,22-24H2,1-2H3,(H2,57,71)(H2,58,75)(H,59,77)(H,60,78)(H,61,72)(H,62,80)(H,63,79)(H,64,82)(H,65,81)(H,66,76)(H,73,74)(H,83,84)/t25-,26+,35-,36-,37-,38-,39-,46-/m0/s1. The smallest absolute Gasteiger partial charge is 0.336 e. The summed E-state index contributed by atoms with van der Waals surface area (Å²) in [5.74, 6) is -14.7. The minimum Gasteiger partial charge on any atom is -0.508 e. The first-order valence-electron chi connectivity index (χ1n) is 25.7. The van der Waals surface area contributed by atoms with Crippen LogP contribution >= 0.6 is 0 Å². The number of phenols is 1. The molecular formula is C55H59N11O19. The molecule has 0 aromatic heterocycles. The molecule has 0 saturated heterocycles. The van der Waals surface area contributed by atoms with Gasteiger partial charge in [0, 0.05) is 47.1 Å². The molecule has 85 heavy (non-hydrogen) atoms. The van der Waals surface area contributed by atoms with Gasteiger partial charge in [-0.05, 0) is 67.8 Å². The van der Waals surface area contributed by atoms with Gasteiger partial charge in [0.15, 0.2) is 5.43 Å². The zero-order chi connectivity index (χ0) is 62.8. The van der Waals surface area contributed by atoms with Crippen LogP contribution in [0.4, 0.5) is 0 Å². The number of amides is 10. The van der Waals surface area contributed by atoms with Crippen molar-refractivity contribution in [2.45, 2.75) is 94.3 Å². The van der Waals surface area contributed by atoms with Crippen LogP contribution in [0, 0.1) is 11.3 Å². The lowest BCUT2D eigenvalue weighted by atomic mass is 9.90. The molecule has 0 fully saturated rings. The van der Waals surface area contributed by atoms with Crippen molar-refractivity contribution in [1.82, 2.24) is 42.5 Å². The fourth-order valence-electron chi connectivity index (χ4n) is 8.39. The first-order chi connectivity index (χ1) is 40.2. The van der Waals surface area contributed by atoms with Gasteiger partial charge in [-0.25, -0.2) is 4.79 Å². The van der Waals surface area contributed by atoms with E-state index >= 15 is 0 Å². The Kier molecular flexibility index (Phi) is 22.8. The number of aliphatic carboxylic acids is 1. The van der Waals surface area contributed by atoms with Gasteiger partial charge in [0.25, 0.3) is 5.91 Å². The number of nitrogens with two attached hydrogens (primary N) is 2. The van der Waals surface area contributed by atoms with E-state index in [0.717, 1.165) is 19.9 Å². The molecule has 1 aliphatic heterocycles. The van der Waals surface area contributed by atoms with Crippen molar-refractivity contribution in [2.75, 3.05) is 13.2 Å². The molecule has 0 bridgehead atoms. The van der Waals surface area contributed by atoms with E-state index in [1.165, 1.54) is 48.5 Å². The summed E-state index contributed by atoms with van der Waals surface area (Å²) in [5.41, 5.74) is 11.0. The zero-order valence-corrected chi connectivity index (χ0v) is 45.2. The van der Waals surface area contributed by atoms with Crippen LogP contribution < -0.4 is 59.4 Å². The van der Waals surface area contributed by atoms with Crippen molar-refractivity contribution < 1.29 is 87.5 Å². The van der Waals surface area contributed by atoms with Crippen LogP contribution in [0.1, 0.15) is 65.8 Å². The highest BCUT2D eigenvalue weighted by atomic mass is 16.4. The molecule has 8 atom stereocenters. The molecule has 30 heteroatoms. The number of nitrogens with one attached hydrogen (secondary N) is 8. The molecule has 17 N–H and O–H groups in total. The lowest BCUT2D eigenvalue weighted by Crippen LogP contribution is -2.61. The second-order valence-electron chi connectivity index (χ2n) is 19.1. The Morgan fingerprint density at radius 2 is 1.29 bits per heavy atom. The minimum atomic E-state index is -2.10. The molecular weight excluding hydrogens is 1120 g/mol.